The average Bonchev–Trinajstić information content (AvgIpc) is 3.41. The number of ether oxygens (including phenoxy) is 3. The minimum Gasteiger partial charge on any atom is -0.493 e. The topological polar surface area (TPSA) is 94.8 Å². The molecule has 214 valence electrons. The minimum absolute atomic E-state index is 0.0905. The van der Waals surface area contributed by atoms with Crippen LogP contribution in [0.15, 0.2) is 42.5 Å². The first-order valence-corrected chi connectivity index (χ1v) is 14.6. The maximum atomic E-state index is 13.5. The van der Waals surface area contributed by atoms with Gasteiger partial charge in [-0.2, -0.15) is 0 Å². The van der Waals surface area contributed by atoms with Gasteiger partial charge in [0.25, 0.3) is 0 Å². The molecule has 0 radical (unpaired) electrons. The van der Waals surface area contributed by atoms with Crippen molar-refractivity contribution in [1.29, 1.82) is 0 Å². The highest BCUT2D eigenvalue weighted by molar-refractivity contribution is 5.69. The Morgan fingerprint density at radius 1 is 1.05 bits per heavy atom. The first-order valence-electron chi connectivity index (χ1n) is 14.6. The smallest absolute Gasteiger partial charge is 0.409 e. The van der Waals surface area contributed by atoms with Crippen molar-refractivity contribution < 1.29 is 19.0 Å². The molecule has 3 unspecified atom stereocenters. The van der Waals surface area contributed by atoms with Gasteiger partial charge in [0.15, 0.2) is 11.5 Å². The summed E-state index contributed by atoms with van der Waals surface area (Å²) in [6, 6.07) is 13.6. The fourth-order valence-electron chi connectivity index (χ4n) is 6.02. The predicted molar refractivity (Wildman–Crippen MR) is 156 cm³/mol. The zero-order chi connectivity index (χ0) is 28.0. The van der Waals surface area contributed by atoms with Gasteiger partial charge in [-0.1, -0.05) is 45.4 Å². The summed E-state index contributed by atoms with van der Waals surface area (Å²) < 4.78 is 18.1. The van der Waals surface area contributed by atoms with Crippen molar-refractivity contribution in [2.24, 2.45) is 17.8 Å². The number of benzene rings is 2. The second kappa shape index (κ2) is 12.9. The summed E-state index contributed by atoms with van der Waals surface area (Å²) in [5, 5.41) is 6.75. The van der Waals surface area contributed by atoms with Gasteiger partial charge in [0.1, 0.15) is 11.8 Å². The molecule has 2 saturated carbocycles. The summed E-state index contributed by atoms with van der Waals surface area (Å²) in [4.78, 5) is 13.5. The van der Waals surface area contributed by atoms with E-state index < -0.39 is 11.8 Å². The van der Waals surface area contributed by atoms with E-state index in [1.54, 1.807) is 7.11 Å². The fraction of sp³-hybridized carbons (Fsp3) is 0.594. The third-order valence-electron chi connectivity index (χ3n) is 8.53. The van der Waals surface area contributed by atoms with E-state index in [-0.39, 0.29) is 12.2 Å². The van der Waals surface area contributed by atoms with E-state index in [1.807, 2.05) is 49.4 Å². The number of nitrogens with one attached hydrogen (secondary N) is 2. The van der Waals surface area contributed by atoms with Crippen LogP contribution in [0, 0.1) is 17.8 Å². The number of amides is 1. The number of carbonyl (C=O) groups excluding carboxylic acids is 1. The molecule has 39 heavy (non-hydrogen) atoms. The number of rotatable bonds is 10. The molecule has 4 atom stereocenters. The van der Waals surface area contributed by atoms with E-state index in [4.69, 9.17) is 19.9 Å². The third kappa shape index (κ3) is 7.59. The van der Waals surface area contributed by atoms with Gasteiger partial charge in [0.2, 0.25) is 0 Å². The van der Waals surface area contributed by atoms with Gasteiger partial charge < -0.3 is 19.9 Å². The summed E-state index contributed by atoms with van der Waals surface area (Å²) in [6.07, 6.45) is 7.29. The Morgan fingerprint density at radius 2 is 1.77 bits per heavy atom. The van der Waals surface area contributed by atoms with Gasteiger partial charge in [-0.25, -0.2) is 4.79 Å². The molecule has 0 spiro atoms. The zero-order valence-electron chi connectivity index (χ0n) is 24.3. The second-order valence-electron chi connectivity index (χ2n) is 12.0. The van der Waals surface area contributed by atoms with Crippen molar-refractivity contribution in [2.45, 2.75) is 97.1 Å². The van der Waals surface area contributed by atoms with Gasteiger partial charge in [-0.3, -0.25) is 10.6 Å². The largest absolute Gasteiger partial charge is 0.493 e. The van der Waals surface area contributed by atoms with Crippen molar-refractivity contribution in [3.8, 4) is 11.5 Å². The Morgan fingerprint density at radius 3 is 2.44 bits per heavy atom. The Labute approximate surface area is 234 Å². The maximum absolute atomic E-state index is 13.5. The lowest BCUT2D eigenvalue weighted by molar-refractivity contribution is 0.00150. The van der Waals surface area contributed by atoms with E-state index in [0.717, 1.165) is 36.8 Å². The lowest BCUT2D eigenvalue weighted by Gasteiger charge is -2.38. The Balaban J connectivity index is 1.58. The van der Waals surface area contributed by atoms with Gasteiger partial charge in [-0.05, 0) is 98.6 Å². The monoisotopic (exact) mass is 537 g/mol. The number of alkyl carbamates (subject to hydrolysis) is 1. The molecule has 2 aliphatic rings. The summed E-state index contributed by atoms with van der Waals surface area (Å²) in [5.74, 6) is 2.75. The molecule has 2 fully saturated rings. The highest BCUT2D eigenvalue weighted by Crippen LogP contribution is 2.37. The number of nitrogens with two attached hydrogens (primary N) is 1. The van der Waals surface area contributed by atoms with Crippen molar-refractivity contribution in [2.75, 3.05) is 12.8 Å². The summed E-state index contributed by atoms with van der Waals surface area (Å²) >= 11 is 0. The number of hydrogen-bond acceptors (Lipinski definition) is 6. The molecular formula is C32H47N3O4. The Kier molecular flexibility index (Phi) is 9.65. The average molecular weight is 538 g/mol. The first kappa shape index (κ1) is 29.1. The van der Waals surface area contributed by atoms with E-state index in [2.05, 4.69) is 31.4 Å². The van der Waals surface area contributed by atoms with Crippen molar-refractivity contribution >= 4 is 11.8 Å². The van der Waals surface area contributed by atoms with Crippen LogP contribution in [-0.2, 0) is 16.9 Å². The van der Waals surface area contributed by atoms with Crippen LogP contribution in [-0.4, -0.2) is 25.4 Å². The maximum Gasteiger partial charge on any atom is 0.409 e. The van der Waals surface area contributed by atoms with E-state index in [0.29, 0.717) is 41.5 Å². The summed E-state index contributed by atoms with van der Waals surface area (Å²) in [7, 11) is 1.65. The first-order chi connectivity index (χ1) is 18.7. The predicted octanol–water partition coefficient (Wildman–Crippen LogP) is 6.75. The quantitative estimate of drug-likeness (QED) is 0.229. The number of methoxy groups -OCH3 is 1. The van der Waals surface area contributed by atoms with E-state index >= 15 is 0 Å². The Hall–Kier alpha value is -2.93. The molecule has 0 saturated heterocycles. The number of carbonyl (C=O) groups is 1. The van der Waals surface area contributed by atoms with Crippen LogP contribution in [0.4, 0.5) is 10.5 Å². The molecule has 7 nitrogen and oxygen atoms in total. The second-order valence-corrected chi connectivity index (χ2v) is 12.0. The minimum atomic E-state index is -0.924. The summed E-state index contributed by atoms with van der Waals surface area (Å²) in [6.45, 7) is 9.17. The molecular weight excluding hydrogens is 490 g/mol. The zero-order valence-corrected chi connectivity index (χ0v) is 24.3. The SMILES string of the molecule is COc1ccc([C@](C)(NCc2ccc(N)cc2)NC(=O)OC2CC(C)CCC2C(C)C)cc1OC1CCCC1. The van der Waals surface area contributed by atoms with Crippen LogP contribution < -0.4 is 25.8 Å². The van der Waals surface area contributed by atoms with E-state index in [1.165, 1.54) is 19.3 Å². The molecule has 0 aliphatic heterocycles. The number of hydrogen-bond donors (Lipinski definition) is 3. The van der Waals surface area contributed by atoms with Crippen LogP contribution in [0.3, 0.4) is 0 Å². The van der Waals surface area contributed by atoms with Gasteiger partial charge >= 0.3 is 6.09 Å². The highest BCUT2D eigenvalue weighted by Gasteiger charge is 2.36. The third-order valence-corrected chi connectivity index (χ3v) is 8.53. The van der Waals surface area contributed by atoms with Gasteiger partial charge in [0, 0.05) is 12.2 Å². The van der Waals surface area contributed by atoms with Crippen LogP contribution in [0.5, 0.6) is 11.5 Å². The molecule has 4 N–H and O–H groups in total. The molecule has 0 heterocycles. The van der Waals surface area contributed by atoms with Crippen LogP contribution >= 0.6 is 0 Å². The van der Waals surface area contributed by atoms with Crippen LogP contribution in [0.2, 0.25) is 0 Å². The van der Waals surface area contributed by atoms with Crippen LogP contribution in [0.25, 0.3) is 0 Å². The lowest BCUT2D eigenvalue weighted by atomic mass is 9.75. The molecule has 4 rings (SSSR count). The Bertz CT molecular complexity index is 1080. The fourth-order valence-corrected chi connectivity index (χ4v) is 6.02. The lowest BCUT2D eigenvalue weighted by Crippen LogP contribution is -2.54. The van der Waals surface area contributed by atoms with Crippen molar-refractivity contribution in [3.05, 3.63) is 53.6 Å². The molecule has 2 aromatic carbocycles. The van der Waals surface area contributed by atoms with Crippen LogP contribution in [0.1, 0.15) is 83.8 Å². The molecule has 2 aromatic rings. The molecule has 2 aliphatic carbocycles. The van der Waals surface area contributed by atoms with E-state index in [9.17, 15) is 4.79 Å². The van der Waals surface area contributed by atoms with Gasteiger partial charge in [0.05, 0.1) is 13.2 Å². The normalized spacial score (nSPS) is 23.3. The van der Waals surface area contributed by atoms with Crippen molar-refractivity contribution in [3.63, 3.8) is 0 Å². The summed E-state index contributed by atoms with van der Waals surface area (Å²) in [5.41, 5.74) is 7.60. The molecule has 0 bridgehead atoms. The molecule has 7 heteroatoms. The van der Waals surface area contributed by atoms with Crippen molar-refractivity contribution in [1.82, 2.24) is 10.6 Å². The van der Waals surface area contributed by atoms with Gasteiger partial charge in [-0.15, -0.1) is 0 Å². The highest BCUT2D eigenvalue weighted by atomic mass is 16.6. The number of nitrogen functional groups attached to an aromatic ring is 1. The molecule has 0 aromatic heterocycles. The number of anilines is 1. The molecule has 1 amide bonds. The standard InChI is InChI=1S/C32H47N3O4/c1-21(2)27-16-10-22(3)18-29(27)39-31(36)35-32(4,34-20-23-11-14-25(33)15-12-23)24-13-17-28(37-5)30(19-24)38-26-8-6-7-9-26/h11-15,17,19,21-22,26-27,29,34H,6-10,16,18,20,33H2,1-5H3,(H,35,36)/t22?,27?,29?,32-/m1/s1.